The van der Waals surface area contributed by atoms with Crippen molar-refractivity contribution < 1.29 is 4.92 Å². The van der Waals surface area contributed by atoms with Crippen molar-refractivity contribution in [1.29, 1.82) is 0 Å². The molecule has 3 aromatic rings. The standard InChI is InChI=1S/C16H13N3O2/c1-12-6-2-3-7-14(12)13-10-17-18(11-13)15-8-4-5-9-16(15)19(20)21/h2-11H,1H3. The molecule has 21 heavy (non-hydrogen) atoms. The Balaban J connectivity index is 2.08. The molecule has 0 spiro atoms. The van der Waals surface area contributed by atoms with E-state index < -0.39 is 4.92 Å². The summed E-state index contributed by atoms with van der Waals surface area (Å²) >= 11 is 0. The van der Waals surface area contributed by atoms with Crippen LogP contribution < -0.4 is 0 Å². The molecule has 0 bridgehead atoms. The second-order valence-corrected chi connectivity index (χ2v) is 4.73. The summed E-state index contributed by atoms with van der Waals surface area (Å²) in [6, 6.07) is 14.5. The van der Waals surface area contributed by atoms with Crippen molar-refractivity contribution in [2.75, 3.05) is 0 Å². The van der Waals surface area contributed by atoms with Crippen LogP contribution >= 0.6 is 0 Å². The maximum Gasteiger partial charge on any atom is 0.294 e. The predicted octanol–water partition coefficient (Wildman–Crippen LogP) is 3.76. The van der Waals surface area contributed by atoms with Gasteiger partial charge in [-0.2, -0.15) is 5.10 Å². The van der Waals surface area contributed by atoms with Crippen LogP contribution in [0.1, 0.15) is 5.56 Å². The van der Waals surface area contributed by atoms with Gasteiger partial charge in [0.25, 0.3) is 5.69 Å². The molecule has 5 nitrogen and oxygen atoms in total. The molecule has 0 saturated carbocycles. The summed E-state index contributed by atoms with van der Waals surface area (Å²) in [5.41, 5.74) is 3.65. The Morgan fingerprint density at radius 2 is 1.81 bits per heavy atom. The number of aryl methyl sites for hydroxylation is 1. The van der Waals surface area contributed by atoms with Crippen molar-refractivity contribution in [1.82, 2.24) is 9.78 Å². The lowest BCUT2D eigenvalue weighted by Crippen LogP contribution is -1.99. The molecule has 2 aromatic carbocycles. The van der Waals surface area contributed by atoms with E-state index in [-0.39, 0.29) is 5.69 Å². The Morgan fingerprint density at radius 3 is 2.57 bits per heavy atom. The van der Waals surface area contributed by atoms with Crippen LogP contribution in [0.4, 0.5) is 5.69 Å². The van der Waals surface area contributed by atoms with E-state index in [9.17, 15) is 10.1 Å². The Morgan fingerprint density at radius 1 is 1.10 bits per heavy atom. The zero-order chi connectivity index (χ0) is 14.8. The van der Waals surface area contributed by atoms with Crippen LogP contribution in [0.5, 0.6) is 0 Å². The summed E-state index contributed by atoms with van der Waals surface area (Å²) in [5.74, 6) is 0. The zero-order valence-corrected chi connectivity index (χ0v) is 11.4. The van der Waals surface area contributed by atoms with E-state index >= 15 is 0 Å². The van der Waals surface area contributed by atoms with Crippen LogP contribution in [0, 0.1) is 17.0 Å². The van der Waals surface area contributed by atoms with E-state index in [2.05, 4.69) is 5.10 Å². The maximum atomic E-state index is 11.1. The fraction of sp³-hybridized carbons (Fsp3) is 0.0625. The van der Waals surface area contributed by atoms with Gasteiger partial charge in [-0.05, 0) is 24.1 Å². The molecule has 0 atom stereocenters. The number of hydrogen-bond acceptors (Lipinski definition) is 3. The van der Waals surface area contributed by atoms with E-state index in [1.165, 1.54) is 6.07 Å². The first-order valence-corrected chi connectivity index (χ1v) is 6.51. The van der Waals surface area contributed by atoms with E-state index in [1.54, 1.807) is 29.1 Å². The van der Waals surface area contributed by atoms with Crippen molar-refractivity contribution in [3.8, 4) is 16.8 Å². The van der Waals surface area contributed by atoms with Gasteiger partial charge in [-0.1, -0.05) is 36.4 Å². The molecule has 0 unspecified atom stereocenters. The van der Waals surface area contributed by atoms with Gasteiger partial charge in [0.1, 0.15) is 5.69 Å². The fourth-order valence-electron chi connectivity index (χ4n) is 2.30. The quantitative estimate of drug-likeness (QED) is 0.541. The van der Waals surface area contributed by atoms with Gasteiger partial charge < -0.3 is 0 Å². The molecule has 5 heteroatoms. The normalized spacial score (nSPS) is 10.5. The molecular formula is C16H13N3O2. The third-order valence-electron chi connectivity index (χ3n) is 3.36. The van der Waals surface area contributed by atoms with Crippen molar-refractivity contribution in [3.63, 3.8) is 0 Å². The Bertz CT molecular complexity index is 809. The highest BCUT2D eigenvalue weighted by molar-refractivity contribution is 5.66. The molecule has 104 valence electrons. The summed E-state index contributed by atoms with van der Waals surface area (Å²) in [6.45, 7) is 2.03. The highest BCUT2D eigenvalue weighted by atomic mass is 16.6. The Hall–Kier alpha value is -2.95. The van der Waals surface area contributed by atoms with Crippen molar-refractivity contribution in [2.24, 2.45) is 0 Å². The van der Waals surface area contributed by atoms with Crippen LogP contribution in [-0.2, 0) is 0 Å². The maximum absolute atomic E-state index is 11.1. The van der Waals surface area contributed by atoms with Crippen molar-refractivity contribution in [3.05, 3.63) is 76.6 Å². The summed E-state index contributed by atoms with van der Waals surface area (Å²) in [5, 5.41) is 15.3. The lowest BCUT2D eigenvalue weighted by Gasteiger charge is -2.03. The van der Waals surface area contributed by atoms with E-state index in [0.29, 0.717) is 5.69 Å². The largest absolute Gasteiger partial charge is 0.294 e. The van der Waals surface area contributed by atoms with Gasteiger partial charge in [0.05, 0.1) is 11.1 Å². The minimum absolute atomic E-state index is 0.0388. The number of hydrogen-bond donors (Lipinski definition) is 0. The highest BCUT2D eigenvalue weighted by Crippen LogP contribution is 2.26. The van der Waals surface area contributed by atoms with Gasteiger partial charge in [0.2, 0.25) is 0 Å². The number of aromatic nitrogens is 2. The average molecular weight is 279 g/mol. The van der Waals surface area contributed by atoms with E-state index in [1.807, 2.05) is 37.4 Å². The Kier molecular flexibility index (Phi) is 3.23. The average Bonchev–Trinajstić information content (AvgIpc) is 2.97. The topological polar surface area (TPSA) is 61.0 Å². The van der Waals surface area contributed by atoms with Crippen molar-refractivity contribution >= 4 is 5.69 Å². The first-order chi connectivity index (χ1) is 10.2. The smallest absolute Gasteiger partial charge is 0.258 e. The van der Waals surface area contributed by atoms with E-state index in [4.69, 9.17) is 0 Å². The molecule has 0 saturated heterocycles. The first kappa shape index (κ1) is 13.1. The van der Waals surface area contributed by atoms with Crippen LogP contribution in [0.15, 0.2) is 60.9 Å². The van der Waals surface area contributed by atoms with E-state index in [0.717, 1.165) is 16.7 Å². The monoisotopic (exact) mass is 279 g/mol. The first-order valence-electron chi connectivity index (χ1n) is 6.51. The van der Waals surface area contributed by atoms with Gasteiger partial charge in [-0.15, -0.1) is 0 Å². The van der Waals surface area contributed by atoms with Crippen LogP contribution in [0.25, 0.3) is 16.8 Å². The number of nitrogens with zero attached hydrogens (tertiary/aromatic N) is 3. The molecule has 0 radical (unpaired) electrons. The molecule has 0 aliphatic carbocycles. The van der Waals surface area contributed by atoms with Gasteiger partial charge in [0.15, 0.2) is 0 Å². The minimum atomic E-state index is -0.398. The van der Waals surface area contributed by atoms with Crippen molar-refractivity contribution in [2.45, 2.75) is 6.92 Å². The van der Waals surface area contributed by atoms with Crippen LogP contribution in [0.2, 0.25) is 0 Å². The number of para-hydroxylation sites is 2. The van der Waals surface area contributed by atoms with Gasteiger partial charge in [-0.25, -0.2) is 4.68 Å². The summed E-state index contributed by atoms with van der Waals surface area (Å²) in [4.78, 5) is 10.7. The molecule has 0 fully saturated rings. The number of rotatable bonds is 3. The van der Waals surface area contributed by atoms with Crippen LogP contribution in [-0.4, -0.2) is 14.7 Å². The second kappa shape index (κ2) is 5.20. The second-order valence-electron chi connectivity index (χ2n) is 4.73. The lowest BCUT2D eigenvalue weighted by molar-refractivity contribution is -0.384. The third-order valence-corrected chi connectivity index (χ3v) is 3.36. The summed E-state index contributed by atoms with van der Waals surface area (Å²) in [6.07, 6.45) is 3.53. The van der Waals surface area contributed by atoms with Crippen LogP contribution in [0.3, 0.4) is 0 Å². The highest BCUT2D eigenvalue weighted by Gasteiger charge is 2.15. The fourth-order valence-corrected chi connectivity index (χ4v) is 2.30. The number of nitro benzene ring substituents is 1. The third kappa shape index (κ3) is 2.41. The van der Waals surface area contributed by atoms with Gasteiger partial charge in [0, 0.05) is 17.8 Å². The molecule has 0 aliphatic heterocycles. The minimum Gasteiger partial charge on any atom is -0.258 e. The lowest BCUT2D eigenvalue weighted by atomic mass is 10.0. The number of benzene rings is 2. The molecule has 0 aliphatic rings. The van der Waals surface area contributed by atoms with Gasteiger partial charge >= 0.3 is 0 Å². The molecular weight excluding hydrogens is 266 g/mol. The SMILES string of the molecule is Cc1ccccc1-c1cnn(-c2ccccc2[N+](=O)[O-])c1. The Labute approximate surface area is 121 Å². The summed E-state index contributed by atoms with van der Waals surface area (Å²) < 4.78 is 1.54. The summed E-state index contributed by atoms with van der Waals surface area (Å²) in [7, 11) is 0. The molecule has 0 N–H and O–H groups in total. The molecule has 1 heterocycles. The zero-order valence-electron chi connectivity index (χ0n) is 11.4. The molecule has 0 amide bonds. The molecule has 3 rings (SSSR count). The molecule has 1 aromatic heterocycles. The number of nitro groups is 1. The predicted molar refractivity (Wildman–Crippen MR) is 80.4 cm³/mol. The van der Waals surface area contributed by atoms with Gasteiger partial charge in [-0.3, -0.25) is 10.1 Å².